The van der Waals surface area contributed by atoms with Crippen molar-refractivity contribution in [2.75, 3.05) is 18.5 Å². The highest BCUT2D eigenvalue weighted by molar-refractivity contribution is 5.48. The van der Waals surface area contributed by atoms with E-state index in [1.165, 1.54) is 30.5 Å². The zero-order valence-electron chi connectivity index (χ0n) is 12.0. The van der Waals surface area contributed by atoms with Crippen LogP contribution in [0.15, 0.2) is 48.1 Å². The maximum Gasteiger partial charge on any atom is 0.0391 e. The Bertz CT molecular complexity index is 495. The molecule has 0 amide bonds. The molecule has 0 heterocycles. The number of hydrogen-bond donors (Lipinski definition) is 0. The fourth-order valence-corrected chi connectivity index (χ4v) is 3.46. The van der Waals surface area contributed by atoms with Gasteiger partial charge in [0.1, 0.15) is 0 Å². The zero-order valence-corrected chi connectivity index (χ0v) is 12.0. The smallest absolute Gasteiger partial charge is 0.0391 e. The van der Waals surface area contributed by atoms with Crippen LogP contribution in [0, 0.1) is 18.8 Å². The first-order valence-corrected chi connectivity index (χ1v) is 7.39. The topological polar surface area (TPSA) is 3.24 Å². The molecule has 1 saturated carbocycles. The Morgan fingerprint density at radius 2 is 1.95 bits per heavy atom. The van der Waals surface area contributed by atoms with Crippen molar-refractivity contribution in [1.82, 2.24) is 0 Å². The van der Waals surface area contributed by atoms with Gasteiger partial charge in [-0.3, -0.25) is 0 Å². The van der Waals surface area contributed by atoms with E-state index >= 15 is 0 Å². The summed E-state index contributed by atoms with van der Waals surface area (Å²) in [5, 5.41) is 0. The van der Waals surface area contributed by atoms with Crippen LogP contribution < -0.4 is 4.90 Å². The van der Waals surface area contributed by atoms with E-state index in [4.69, 9.17) is 0 Å². The summed E-state index contributed by atoms with van der Waals surface area (Å²) >= 11 is 0. The highest BCUT2D eigenvalue weighted by Gasteiger charge is 2.29. The number of likely N-dealkylation sites (N-methyl/N-ethyl adjacent to an activating group) is 1. The van der Waals surface area contributed by atoms with Crippen molar-refractivity contribution >= 4 is 5.69 Å². The number of fused-ring (bicyclic) bond motifs is 1. The molecule has 0 bridgehead atoms. The van der Waals surface area contributed by atoms with E-state index in [2.05, 4.69) is 61.4 Å². The van der Waals surface area contributed by atoms with Crippen LogP contribution in [0.4, 0.5) is 5.69 Å². The minimum Gasteiger partial charge on any atom is -0.371 e. The third-order valence-electron chi connectivity index (χ3n) is 4.61. The molecular weight excluding hydrogens is 230 g/mol. The molecule has 1 nitrogen and oxygen atoms in total. The highest BCUT2D eigenvalue weighted by atomic mass is 15.1. The molecule has 2 aliphatic rings. The number of aryl methyl sites for hydroxylation is 1. The molecule has 0 aliphatic heterocycles. The Kier molecular flexibility index (Phi) is 3.46. The van der Waals surface area contributed by atoms with Gasteiger partial charge in [-0.15, -0.1) is 0 Å². The molecule has 0 spiro atoms. The number of nitrogens with zero attached hydrogens (tertiary/aromatic N) is 1. The van der Waals surface area contributed by atoms with Crippen LogP contribution in [0.2, 0.25) is 0 Å². The Hall–Kier alpha value is -1.50. The summed E-state index contributed by atoms with van der Waals surface area (Å²) in [5.74, 6) is 1.62. The second kappa shape index (κ2) is 5.24. The van der Waals surface area contributed by atoms with Gasteiger partial charge in [0.15, 0.2) is 0 Å². The normalized spacial score (nSPS) is 25.1. The van der Waals surface area contributed by atoms with Crippen LogP contribution in [-0.2, 0) is 0 Å². The molecule has 0 radical (unpaired) electrons. The average Bonchev–Trinajstić information content (AvgIpc) is 2.89. The number of rotatable bonds is 3. The number of anilines is 1. The molecule has 2 unspecified atom stereocenters. The lowest BCUT2D eigenvalue weighted by atomic mass is 9.84. The molecule has 19 heavy (non-hydrogen) atoms. The maximum absolute atomic E-state index is 2.41. The molecule has 1 aromatic carbocycles. The van der Waals surface area contributed by atoms with Crippen molar-refractivity contribution in [3.63, 3.8) is 0 Å². The first-order chi connectivity index (χ1) is 9.24. The van der Waals surface area contributed by atoms with Gasteiger partial charge >= 0.3 is 0 Å². The van der Waals surface area contributed by atoms with Crippen molar-refractivity contribution in [1.29, 1.82) is 0 Å². The molecule has 1 aromatic rings. The fraction of sp³-hybridized carbons (Fsp3) is 0.444. The molecule has 100 valence electrons. The second-order valence-corrected chi connectivity index (χ2v) is 6.02. The van der Waals surface area contributed by atoms with Gasteiger partial charge in [0, 0.05) is 19.3 Å². The maximum atomic E-state index is 2.41. The predicted octanol–water partition coefficient (Wildman–Crippen LogP) is 4.34. The van der Waals surface area contributed by atoms with Crippen LogP contribution in [0.5, 0.6) is 0 Å². The van der Waals surface area contributed by atoms with Crippen molar-refractivity contribution < 1.29 is 0 Å². The summed E-state index contributed by atoms with van der Waals surface area (Å²) in [6.45, 7) is 3.20. The molecule has 0 N–H and O–H groups in total. The van der Waals surface area contributed by atoms with Crippen LogP contribution in [0.3, 0.4) is 0 Å². The standard InChI is InChI=1S/C18H23N/c1-14-9-11-17(12-10-14)19(2)13-16-7-3-5-15-6-4-8-18(15)16/h3,5,7,9-12,15,18H,4,6,8,13H2,1-2H3. The third-order valence-corrected chi connectivity index (χ3v) is 4.61. The Morgan fingerprint density at radius 3 is 2.74 bits per heavy atom. The molecule has 2 atom stereocenters. The van der Waals surface area contributed by atoms with Gasteiger partial charge in [-0.2, -0.15) is 0 Å². The SMILES string of the molecule is Cc1ccc(N(C)CC2=CC=CC3CCCC23)cc1. The van der Waals surface area contributed by atoms with Gasteiger partial charge in [-0.1, -0.05) is 42.3 Å². The van der Waals surface area contributed by atoms with Crippen LogP contribution in [-0.4, -0.2) is 13.6 Å². The minimum absolute atomic E-state index is 0.804. The van der Waals surface area contributed by atoms with Gasteiger partial charge in [0.2, 0.25) is 0 Å². The summed E-state index contributed by atoms with van der Waals surface area (Å²) in [5.41, 5.74) is 4.26. The molecule has 3 rings (SSSR count). The van der Waals surface area contributed by atoms with Crippen molar-refractivity contribution in [3.8, 4) is 0 Å². The van der Waals surface area contributed by atoms with Gasteiger partial charge in [0.25, 0.3) is 0 Å². The van der Waals surface area contributed by atoms with E-state index in [1.54, 1.807) is 5.57 Å². The zero-order chi connectivity index (χ0) is 13.2. The number of hydrogen-bond acceptors (Lipinski definition) is 1. The summed E-state index contributed by atoms with van der Waals surface area (Å²) in [4.78, 5) is 2.37. The Balaban J connectivity index is 1.72. The number of allylic oxidation sites excluding steroid dienone is 3. The van der Waals surface area contributed by atoms with Crippen molar-refractivity contribution in [2.45, 2.75) is 26.2 Å². The first-order valence-electron chi connectivity index (χ1n) is 7.39. The van der Waals surface area contributed by atoms with Crippen molar-refractivity contribution in [3.05, 3.63) is 53.6 Å². The number of benzene rings is 1. The average molecular weight is 253 g/mol. The Labute approximate surface area is 116 Å². The van der Waals surface area contributed by atoms with E-state index < -0.39 is 0 Å². The summed E-state index contributed by atoms with van der Waals surface area (Å²) in [7, 11) is 2.20. The highest BCUT2D eigenvalue weighted by Crippen LogP contribution is 2.40. The Morgan fingerprint density at radius 1 is 1.16 bits per heavy atom. The third kappa shape index (κ3) is 2.60. The molecule has 0 aromatic heterocycles. The molecule has 2 aliphatic carbocycles. The van der Waals surface area contributed by atoms with Gasteiger partial charge in [0.05, 0.1) is 0 Å². The van der Waals surface area contributed by atoms with E-state index in [0.717, 1.165) is 18.4 Å². The minimum atomic E-state index is 0.804. The molecule has 0 saturated heterocycles. The predicted molar refractivity (Wildman–Crippen MR) is 82.5 cm³/mol. The largest absolute Gasteiger partial charge is 0.371 e. The van der Waals surface area contributed by atoms with E-state index in [9.17, 15) is 0 Å². The quantitative estimate of drug-likeness (QED) is 0.774. The van der Waals surface area contributed by atoms with Crippen LogP contribution >= 0.6 is 0 Å². The lowest BCUT2D eigenvalue weighted by molar-refractivity contribution is 0.513. The second-order valence-electron chi connectivity index (χ2n) is 6.02. The van der Waals surface area contributed by atoms with E-state index in [1.807, 2.05) is 0 Å². The van der Waals surface area contributed by atoms with E-state index in [-0.39, 0.29) is 0 Å². The van der Waals surface area contributed by atoms with Crippen LogP contribution in [0.25, 0.3) is 0 Å². The molecule has 1 heteroatoms. The lowest BCUT2D eigenvalue weighted by Crippen LogP contribution is -2.25. The van der Waals surface area contributed by atoms with E-state index in [0.29, 0.717) is 0 Å². The van der Waals surface area contributed by atoms with Crippen molar-refractivity contribution in [2.24, 2.45) is 11.8 Å². The first kappa shape index (κ1) is 12.5. The van der Waals surface area contributed by atoms with Gasteiger partial charge in [-0.05, 0) is 49.3 Å². The monoisotopic (exact) mass is 253 g/mol. The fourth-order valence-electron chi connectivity index (χ4n) is 3.46. The molecular formula is C18H23N. The van der Waals surface area contributed by atoms with Crippen LogP contribution in [0.1, 0.15) is 24.8 Å². The lowest BCUT2D eigenvalue weighted by Gasteiger charge is -2.28. The summed E-state index contributed by atoms with van der Waals surface area (Å²) < 4.78 is 0. The van der Waals surface area contributed by atoms with Gasteiger partial charge in [-0.25, -0.2) is 0 Å². The molecule has 1 fully saturated rings. The van der Waals surface area contributed by atoms with Gasteiger partial charge < -0.3 is 4.90 Å². The summed E-state index contributed by atoms with van der Waals surface area (Å²) in [6, 6.07) is 8.83. The summed E-state index contributed by atoms with van der Waals surface area (Å²) in [6.07, 6.45) is 11.2.